The van der Waals surface area contributed by atoms with E-state index in [-0.39, 0.29) is 5.41 Å². The Bertz CT molecular complexity index is 1250. The van der Waals surface area contributed by atoms with E-state index in [9.17, 15) is 30.3 Å². The molecular weight excluding hydrogens is 432 g/mol. The fourth-order valence-corrected chi connectivity index (χ4v) is 3.48. The Labute approximate surface area is 187 Å². The number of aliphatic imine (C=N–C) groups is 1. The molecular formula is C22H18N4O7. The van der Waals surface area contributed by atoms with Gasteiger partial charge in [0, 0.05) is 5.41 Å². The van der Waals surface area contributed by atoms with Crippen molar-refractivity contribution in [3.63, 3.8) is 0 Å². The fraction of sp³-hybridized carbons (Fsp3) is 0.136. The number of fused-ring (bicyclic) bond motifs is 1. The van der Waals surface area contributed by atoms with Crippen LogP contribution < -0.4 is 0 Å². The van der Waals surface area contributed by atoms with E-state index in [2.05, 4.69) is 56.3 Å². The third kappa shape index (κ3) is 4.51. The second-order valence-electron chi connectivity index (χ2n) is 7.57. The number of nitro benzene ring substituents is 3. The largest absolute Gasteiger partial charge is 0.497 e. The molecule has 0 radical (unpaired) electrons. The zero-order valence-electron chi connectivity index (χ0n) is 17.5. The molecule has 0 aromatic heterocycles. The molecule has 0 saturated heterocycles. The van der Waals surface area contributed by atoms with Crippen molar-refractivity contribution in [1.82, 2.24) is 0 Å². The van der Waals surface area contributed by atoms with Crippen LogP contribution >= 0.6 is 0 Å². The quantitative estimate of drug-likeness (QED) is 0.421. The molecule has 3 aromatic rings. The number of nitro groups is 3. The van der Waals surface area contributed by atoms with E-state index in [1.54, 1.807) is 0 Å². The lowest BCUT2D eigenvalue weighted by molar-refractivity contribution is -0.404. The number of phenolic OH excluding ortho intramolecular Hbond substituents is 1. The molecule has 1 N–H and O–H groups in total. The van der Waals surface area contributed by atoms with Crippen LogP contribution in [0.2, 0.25) is 0 Å². The van der Waals surface area contributed by atoms with Gasteiger partial charge in [0.15, 0.2) is 0 Å². The fourth-order valence-electron chi connectivity index (χ4n) is 3.48. The maximum atomic E-state index is 10.4. The van der Waals surface area contributed by atoms with Crippen molar-refractivity contribution < 1.29 is 19.9 Å². The molecule has 0 spiro atoms. The predicted octanol–water partition coefficient (Wildman–Crippen LogP) is 5.22. The first-order valence-electron chi connectivity index (χ1n) is 9.58. The molecule has 11 nitrogen and oxygen atoms in total. The smallest absolute Gasteiger partial charge is 0.324 e. The zero-order chi connectivity index (χ0) is 24.3. The number of aromatic hydroxyl groups is 1. The number of benzene rings is 3. The van der Waals surface area contributed by atoms with E-state index >= 15 is 0 Å². The van der Waals surface area contributed by atoms with E-state index in [4.69, 9.17) is 10.1 Å². The van der Waals surface area contributed by atoms with Gasteiger partial charge in [-0.15, -0.1) is 0 Å². The number of rotatable bonds is 4. The van der Waals surface area contributed by atoms with Crippen LogP contribution in [0.4, 0.5) is 22.7 Å². The second-order valence-corrected chi connectivity index (χ2v) is 7.57. The normalized spacial score (nSPS) is 13.2. The van der Waals surface area contributed by atoms with E-state index < -0.39 is 37.6 Å². The first-order valence-corrected chi connectivity index (χ1v) is 9.58. The lowest BCUT2D eigenvalue weighted by atomic mass is 9.79. The molecule has 1 aliphatic rings. The zero-order valence-corrected chi connectivity index (χ0v) is 17.5. The van der Waals surface area contributed by atoms with E-state index in [1.807, 2.05) is 12.1 Å². The maximum absolute atomic E-state index is 10.4. The van der Waals surface area contributed by atoms with Gasteiger partial charge in [-0.2, -0.15) is 0 Å². The molecule has 0 atom stereocenters. The minimum Gasteiger partial charge on any atom is -0.497 e. The van der Waals surface area contributed by atoms with Crippen LogP contribution in [0.25, 0.3) is 0 Å². The lowest BCUT2D eigenvalue weighted by Gasteiger charge is -2.22. The average molecular weight is 450 g/mol. The average Bonchev–Trinajstić information content (AvgIpc) is 3.05. The van der Waals surface area contributed by atoms with Crippen LogP contribution in [0.5, 0.6) is 5.75 Å². The molecule has 0 amide bonds. The molecule has 0 aliphatic carbocycles. The monoisotopic (exact) mass is 450 g/mol. The maximum Gasteiger partial charge on any atom is 0.324 e. The summed E-state index contributed by atoms with van der Waals surface area (Å²) in [4.78, 5) is 32.6. The molecule has 0 fully saturated rings. The number of hydrogen-bond donors (Lipinski definition) is 1. The van der Waals surface area contributed by atoms with E-state index in [1.165, 1.54) is 16.8 Å². The summed E-state index contributed by atoms with van der Waals surface area (Å²) in [5.41, 5.74) is 1.80. The Balaban J connectivity index is 0.000000186. The van der Waals surface area contributed by atoms with Crippen molar-refractivity contribution in [2.24, 2.45) is 4.99 Å². The minimum atomic E-state index is -1.21. The summed E-state index contributed by atoms with van der Waals surface area (Å²) in [5, 5.41) is 40.2. The van der Waals surface area contributed by atoms with Crippen LogP contribution in [-0.4, -0.2) is 25.6 Å². The summed E-state index contributed by atoms with van der Waals surface area (Å²) >= 11 is 0. The van der Waals surface area contributed by atoms with Gasteiger partial charge in [0.05, 0.1) is 38.3 Å². The van der Waals surface area contributed by atoms with Gasteiger partial charge in [0.2, 0.25) is 0 Å². The van der Waals surface area contributed by atoms with Crippen molar-refractivity contribution >= 4 is 28.5 Å². The van der Waals surface area contributed by atoms with E-state index in [0.717, 1.165) is 5.69 Å². The van der Waals surface area contributed by atoms with Crippen LogP contribution in [-0.2, 0) is 5.41 Å². The van der Waals surface area contributed by atoms with Crippen molar-refractivity contribution in [2.45, 2.75) is 19.3 Å². The molecule has 3 aromatic carbocycles. The Morgan fingerprint density at radius 1 is 0.788 bits per heavy atom. The molecule has 1 aliphatic heterocycles. The molecule has 1 heterocycles. The van der Waals surface area contributed by atoms with Gasteiger partial charge in [0.25, 0.3) is 11.4 Å². The number of para-hydroxylation sites is 1. The summed E-state index contributed by atoms with van der Waals surface area (Å²) in [6.45, 7) is 4.48. The summed E-state index contributed by atoms with van der Waals surface area (Å²) in [6, 6.07) is 19.7. The van der Waals surface area contributed by atoms with Gasteiger partial charge < -0.3 is 5.11 Å². The summed E-state index contributed by atoms with van der Waals surface area (Å²) < 4.78 is 0. The Morgan fingerprint density at radius 2 is 1.30 bits per heavy atom. The molecule has 33 heavy (non-hydrogen) atoms. The van der Waals surface area contributed by atoms with Crippen LogP contribution in [0.15, 0.2) is 71.7 Å². The van der Waals surface area contributed by atoms with Gasteiger partial charge in [-0.3, -0.25) is 35.3 Å². The van der Waals surface area contributed by atoms with Gasteiger partial charge in [0.1, 0.15) is 0 Å². The molecule has 4 rings (SSSR count). The van der Waals surface area contributed by atoms with Crippen molar-refractivity contribution in [1.29, 1.82) is 0 Å². The van der Waals surface area contributed by atoms with Gasteiger partial charge in [-0.25, -0.2) is 0 Å². The van der Waals surface area contributed by atoms with Gasteiger partial charge in [-0.1, -0.05) is 62.4 Å². The summed E-state index contributed by atoms with van der Waals surface area (Å²) in [5.74, 6) is -1.21. The predicted molar refractivity (Wildman–Crippen MR) is 120 cm³/mol. The third-order valence-corrected chi connectivity index (χ3v) is 5.11. The number of nitrogens with zero attached hydrogens (tertiary/aromatic N) is 4. The van der Waals surface area contributed by atoms with Gasteiger partial charge in [-0.05, 0) is 17.2 Å². The van der Waals surface area contributed by atoms with Crippen molar-refractivity contribution in [3.05, 3.63) is 108 Å². The van der Waals surface area contributed by atoms with Crippen LogP contribution in [0.1, 0.15) is 25.0 Å². The van der Waals surface area contributed by atoms with Gasteiger partial charge >= 0.3 is 11.4 Å². The first-order chi connectivity index (χ1) is 15.5. The van der Waals surface area contributed by atoms with E-state index in [0.29, 0.717) is 12.1 Å². The van der Waals surface area contributed by atoms with Crippen LogP contribution in [0.3, 0.4) is 0 Å². The number of non-ortho nitro benzene ring substituents is 1. The SMILES string of the molecule is CC1(C)C(c2ccccc2)=Nc2ccccc21.O=[N+]([O-])c1cc([N+](=O)[O-])c(O)c([N+](=O)[O-])c1. The highest BCUT2D eigenvalue weighted by Gasteiger charge is 2.35. The summed E-state index contributed by atoms with van der Waals surface area (Å²) in [6.07, 6.45) is 0. The van der Waals surface area contributed by atoms with Crippen molar-refractivity contribution in [2.75, 3.05) is 0 Å². The molecule has 0 unspecified atom stereocenters. The van der Waals surface area contributed by atoms with Crippen molar-refractivity contribution in [3.8, 4) is 5.75 Å². The molecule has 0 saturated carbocycles. The highest BCUT2D eigenvalue weighted by atomic mass is 16.6. The summed E-state index contributed by atoms with van der Waals surface area (Å²) in [7, 11) is 0. The third-order valence-electron chi connectivity index (χ3n) is 5.11. The number of phenols is 1. The molecule has 0 bridgehead atoms. The second kappa shape index (κ2) is 8.83. The lowest BCUT2D eigenvalue weighted by Crippen LogP contribution is -2.26. The Morgan fingerprint density at radius 3 is 1.79 bits per heavy atom. The standard InChI is InChI=1S/C16H15N.C6H3N3O7/c1-16(2)13-10-6-7-11-14(13)17-15(16)12-8-4-3-5-9-12;10-6-4(8(13)14)1-3(7(11)12)2-5(6)9(15)16/h3-11H,1-2H3;1-2,10H. The molecule has 168 valence electrons. The highest BCUT2D eigenvalue weighted by Crippen LogP contribution is 2.41. The number of hydrogen-bond acceptors (Lipinski definition) is 8. The molecule has 11 heteroatoms. The topological polar surface area (TPSA) is 162 Å². The highest BCUT2D eigenvalue weighted by molar-refractivity contribution is 6.12. The minimum absolute atomic E-state index is 0.00204. The first kappa shape index (κ1) is 23.0. The van der Waals surface area contributed by atoms with Crippen LogP contribution in [0, 0.1) is 30.3 Å². The Hall–Kier alpha value is -4.67. The Kier molecular flexibility index (Phi) is 6.15.